The smallest absolute Gasteiger partial charge is 0.172 e. The van der Waals surface area contributed by atoms with Gasteiger partial charge in [-0.1, -0.05) is 30.3 Å². The molecule has 0 aliphatic carbocycles. The second kappa shape index (κ2) is 9.62. The molecule has 27 heavy (non-hydrogen) atoms. The van der Waals surface area contributed by atoms with Gasteiger partial charge in [0.2, 0.25) is 0 Å². The minimum absolute atomic E-state index is 0.0272. The number of aryl methyl sites for hydroxylation is 1. The summed E-state index contributed by atoms with van der Waals surface area (Å²) in [6, 6.07) is 13.4. The van der Waals surface area contributed by atoms with Crippen molar-refractivity contribution in [3.05, 3.63) is 59.4 Å². The Morgan fingerprint density at radius 1 is 1.33 bits per heavy atom. The first kappa shape index (κ1) is 19.5. The Bertz CT molecular complexity index is 736. The number of aromatic nitrogens is 1. The van der Waals surface area contributed by atoms with Gasteiger partial charge in [0, 0.05) is 37.9 Å². The van der Waals surface area contributed by atoms with E-state index in [9.17, 15) is 9.90 Å². The Balaban J connectivity index is 1.53. The first-order chi connectivity index (χ1) is 13.2. The Morgan fingerprint density at radius 3 is 2.89 bits per heavy atom. The van der Waals surface area contributed by atoms with Crippen molar-refractivity contribution in [2.75, 3.05) is 19.6 Å². The van der Waals surface area contributed by atoms with Gasteiger partial charge in [0.1, 0.15) is 11.4 Å². The van der Waals surface area contributed by atoms with Gasteiger partial charge >= 0.3 is 0 Å². The number of piperazine rings is 1. The predicted molar refractivity (Wildman–Crippen MR) is 107 cm³/mol. The maximum absolute atomic E-state index is 10.7. The fraction of sp³-hybridized carbons (Fsp3) is 0.455. The summed E-state index contributed by atoms with van der Waals surface area (Å²) >= 11 is 0. The fourth-order valence-corrected chi connectivity index (χ4v) is 3.93. The molecule has 2 heterocycles. The minimum atomic E-state index is -0.0272. The zero-order valence-electron chi connectivity index (χ0n) is 16.0. The van der Waals surface area contributed by atoms with Crippen LogP contribution in [0.15, 0.2) is 42.6 Å². The van der Waals surface area contributed by atoms with Gasteiger partial charge < -0.3 is 10.4 Å². The molecule has 1 fully saturated rings. The van der Waals surface area contributed by atoms with Crippen molar-refractivity contribution in [2.24, 2.45) is 0 Å². The maximum atomic E-state index is 10.7. The third kappa shape index (κ3) is 5.37. The number of hydrogen-bond acceptors (Lipinski definition) is 5. The Labute approximate surface area is 161 Å². The zero-order valence-corrected chi connectivity index (χ0v) is 16.0. The molecule has 2 atom stereocenters. The number of nitrogens with zero attached hydrogens (tertiary/aromatic N) is 2. The summed E-state index contributed by atoms with van der Waals surface area (Å²) in [5.74, 6) is -0.0272. The van der Waals surface area contributed by atoms with Gasteiger partial charge in [-0.25, -0.2) is 4.98 Å². The van der Waals surface area contributed by atoms with Crippen LogP contribution in [0.5, 0.6) is 5.75 Å². The lowest BCUT2D eigenvalue weighted by atomic mass is 9.99. The van der Waals surface area contributed by atoms with Gasteiger partial charge in [-0.3, -0.25) is 9.69 Å². The molecule has 1 aromatic heterocycles. The van der Waals surface area contributed by atoms with Gasteiger partial charge in [-0.15, -0.1) is 0 Å². The van der Waals surface area contributed by atoms with E-state index >= 15 is 0 Å². The molecule has 2 aromatic rings. The van der Waals surface area contributed by atoms with Crippen molar-refractivity contribution in [2.45, 2.75) is 44.7 Å². The molecule has 1 aromatic carbocycles. The van der Waals surface area contributed by atoms with E-state index in [1.165, 1.54) is 5.56 Å². The molecule has 2 N–H and O–H groups in total. The number of aromatic hydroxyl groups is 1. The first-order valence-electron chi connectivity index (χ1n) is 9.81. The van der Waals surface area contributed by atoms with Crippen LogP contribution in [0.25, 0.3) is 0 Å². The summed E-state index contributed by atoms with van der Waals surface area (Å²) in [4.78, 5) is 17.4. The minimum Gasteiger partial charge on any atom is -0.506 e. The molecule has 5 nitrogen and oxygen atoms in total. The van der Waals surface area contributed by atoms with Gasteiger partial charge in [-0.2, -0.15) is 0 Å². The quantitative estimate of drug-likeness (QED) is 0.703. The van der Waals surface area contributed by atoms with Crippen LogP contribution in [0, 0.1) is 0 Å². The largest absolute Gasteiger partial charge is 0.506 e. The highest BCUT2D eigenvalue weighted by Gasteiger charge is 2.26. The lowest BCUT2D eigenvalue weighted by Gasteiger charge is -2.40. The number of carbonyl (C=O) groups excluding carboxylic acids is 1. The van der Waals surface area contributed by atoms with Gasteiger partial charge in [-0.05, 0) is 49.8 Å². The Kier molecular flexibility index (Phi) is 6.96. The molecule has 0 bridgehead atoms. The van der Waals surface area contributed by atoms with E-state index < -0.39 is 0 Å². The van der Waals surface area contributed by atoms with E-state index in [1.54, 1.807) is 12.3 Å². The molecule has 3 rings (SSSR count). The predicted octanol–water partition coefficient (Wildman–Crippen LogP) is 2.83. The van der Waals surface area contributed by atoms with E-state index in [1.807, 2.05) is 0 Å². The van der Waals surface area contributed by atoms with Crippen molar-refractivity contribution in [3.8, 4) is 5.75 Å². The number of benzene rings is 1. The monoisotopic (exact) mass is 367 g/mol. The lowest BCUT2D eigenvalue weighted by molar-refractivity contribution is 0.108. The first-order valence-corrected chi connectivity index (χ1v) is 9.81. The summed E-state index contributed by atoms with van der Waals surface area (Å²) < 4.78 is 0. The van der Waals surface area contributed by atoms with Crippen LogP contribution in [0.2, 0.25) is 0 Å². The molecular formula is C22H29N3O2. The standard InChI is InChI=1S/C22H29N3O2/c1-17(6-5-9-19-13-22(27)21(16-26)24-14-19)25-11-10-23-15-20(25)12-18-7-3-2-4-8-18/h2-4,7-8,13-14,16-17,20,23,27H,5-6,9-12,15H2,1H3. The second-order valence-corrected chi connectivity index (χ2v) is 7.39. The van der Waals surface area contributed by atoms with Crippen LogP contribution < -0.4 is 5.32 Å². The van der Waals surface area contributed by atoms with E-state index in [2.05, 4.69) is 52.5 Å². The van der Waals surface area contributed by atoms with E-state index in [4.69, 9.17) is 0 Å². The highest BCUT2D eigenvalue weighted by Crippen LogP contribution is 2.19. The topological polar surface area (TPSA) is 65.5 Å². The number of hydrogen-bond donors (Lipinski definition) is 2. The molecule has 1 aliphatic heterocycles. The number of carbonyl (C=O) groups is 1. The van der Waals surface area contributed by atoms with Crippen molar-refractivity contribution in [1.82, 2.24) is 15.2 Å². The van der Waals surface area contributed by atoms with Crippen LogP contribution in [-0.2, 0) is 12.8 Å². The van der Waals surface area contributed by atoms with E-state index in [0.29, 0.717) is 18.4 Å². The number of rotatable bonds is 8. The van der Waals surface area contributed by atoms with Crippen molar-refractivity contribution in [3.63, 3.8) is 0 Å². The molecule has 0 radical (unpaired) electrons. The summed E-state index contributed by atoms with van der Waals surface area (Å²) in [7, 11) is 0. The fourth-order valence-electron chi connectivity index (χ4n) is 3.93. The Morgan fingerprint density at radius 2 is 2.15 bits per heavy atom. The van der Waals surface area contributed by atoms with Crippen LogP contribution in [0.3, 0.4) is 0 Å². The Hall–Kier alpha value is -2.24. The highest BCUT2D eigenvalue weighted by atomic mass is 16.3. The SMILES string of the molecule is CC(CCCc1cnc(C=O)c(O)c1)N1CCNCC1Cc1ccccc1. The van der Waals surface area contributed by atoms with Crippen molar-refractivity contribution >= 4 is 6.29 Å². The maximum Gasteiger partial charge on any atom is 0.172 e. The van der Waals surface area contributed by atoms with Gasteiger partial charge in [0.15, 0.2) is 6.29 Å². The van der Waals surface area contributed by atoms with Crippen molar-refractivity contribution < 1.29 is 9.90 Å². The summed E-state index contributed by atoms with van der Waals surface area (Å²) in [6.07, 6.45) is 6.34. The lowest BCUT2D eigenvalue weighted by Crippen LogP contribution is -2.55. The molecule has 1 saturated heterocycles. The van der Waals surface area contributed by atoms with Crippen LogP contribution >= 0.6 is 0 Å². The summed E-state index contributed by atoms with van der Waals surface area (Å²) in [5.41, 5.74) is 2.48. The summed E-state index contributed by atoms with van der Waals surface area (Å²) in [6.45, 7) is 5.47. The van der Waals surface area contributed by atoms with Crippen molar-refractivity contribution in [1.29, 1.82) is 0 Å². The molecule has 144 valence electrons. The molecule has 5 heteroatoms. The van der Waals surface area contributed by atoms with Crippen LogP contribution in [-0.4, -0.2) is 53.0 Å². The van der Waals surface area contributed by atoms with Gasteiger partial charge in [0.05, 0.1) is 0 Å². The third-order valence-electron chi connectivity index (χ3n) is 5.43. The van der Waals surface area contributed by atoms with E-state index in [-0.39, 0.29) is 11.4 Å². The second-order valence-electron chi connectivity index (χ2n) is 7.39. The molecule has 0 spiro atoms. The third-order valence-corrected chi connectivity index (χ3v) is 5.43. The number of pyridine rings is 1. The molecule has 1 aliphatic rings. The highest BCUT2D eigenvalue weighted by molar-refractivity contribution is 5.75. The molecule has 0 amide bonds. The van der Waals surface area contributed by atoms with E-state index in [0.717, 1.165) is 50.9 Å². The summed E-state index contributed by atoms with van der Waals surface area (Å²) in [5, 5.41) is 13.3. The number of nitrogens with one attached hydrogen (secondary N) is 1. The number of aldehydes is 1. The molecular weight excluding hydrogens is 338 g/mol. The van der Waals surface area contributed by atoms with Crippen LogP contribution in [0.4, 0.5) is 0 Å². The zero-order chi connectivity index (χ0) is 19.1. The normalized spacial score (nSPS) is 18.9. The molecule has 2 unspecified atom stereocenters. The average molecular weight is 367 g/mol. The van der Waals surface area contributed by atoms with Gasteiger partial charge in [0.25, 0.3) is 0 Å². The average Bonchev–Trinajstić information content (AvgIpc) is 2.69. The van der Waals surface area contributed by atoms with Crippen LogP contribution in [0.1, 0.15) is 41.4 Å². The molecule has 0 saturated carbocycles.